The van der Waals surface area contributed by atoms with Gasteiger partial charge in [0.05, 0.1) is 0 Å². The van der Waals surface area contributed by atoms with Gasteiger partial charge in [-0.2, -0.15) is 0 Å². The molecule has 0 saturated heterocycles. The third-order valence-electron chi connectivity index (χ3n) is 2.71. The third-order valence-corrected chi connectivity index (χ3v) is 2.92. The molecular formula is C13H18ClNO2. The summed E-state index contributed by atoms with van der Waals surface area (Å²) < 4.78 is 0. The Morgan fingerprint density at radius 1 is 1.35 bits per heavy atom. The lowest BCUT2D eigenvalue weighted by Gasteiger charge is -2.11. The first-order valence-electron chi connectivity index (χ1n) is 5.69. The Bertz CT molecular complexity index is 381. The Hall–Kier alpha value is -1.06. The molecule has 0 aliphatic rings. The standard InChI is InChI=1S/C13H18ClNO2/c1-9-6-11(14)7-10(2)12(9)8-15-5-3-4-13(16)17/h6-7,15H,3-5,8H2,1-2H3,(H,16,17). The predicted molar refractivity (Wildman–Crippen MR) is 69.5 cm³/mol. The van der Waals surface area contributed by atoms with E-state index in [0.717, 1.165) is 11.6 Å². The fourth-order valence-electron chi connectivity index (χ4n) is 1.80. The maximum Gasteiger partial charge on any atom is 0.303 e. The molecule has 0 atom stereocenters. The van der Waals surface area contributed by atoms with Gasteiger partial charge in [-0.25, -0.2) is 0 Å². The van der Waals surface area contributed by atoms with Crippen molar-refractivity contribution in [1.82, 2.24) is 5.32 Å². The molecule has 1 rings (SSSR count). The van der Waals surface area contributed by atoms with Crippen LogP contribution in [0, 0.1) is 13.8 Å². The zero-order valence-corrected chi connectivity index (χ0v) is 11.0. The highest BCUT2D eigenvalue weighted by molar-refractivity contribution is 6.30. The highest BCUT2D eigenvalue weighted by atomic mass is 35.5. The van der Waals surface area contributed by atoms with Crippen molar-refractivity contribution in [1.29, 1.82) is 0 Å². The minimum absolute atomic E-state index is 0.214. The van der Waals surface area contributed by atoms with Crippen LogP contribution >= 0.6 is 11.6 Å². The van der Waals surface area contributed by atoms with Crippen molar-refractivity contribution in [2.75, 3.05) is 6.54 Å². The molecule has 0 saturated carbocycles. The number of carbonyl (C=O) groups is 1. The lowest BCUT2D eigenvalue weighted by molar-refractivity contribution is -0.137. The summed E-state index contributed by atoms with van der Waals surface area (Å²) in [5.74, 6) is -0.745. The summed E-state index contributed by atoms with van der Waals surface area (Å²) in [5.41, 5.74) is 3.58. The van der Waals surface area contributed by atoms with Gasteiger partial charge in [0, 0.05) is 18.0 Å². The minimum Gasteiger partial charge on any atom is -0.481 e. The predicted octanol–water partition coefficient (Wildman–Crippen LogP) is 2.91. The Morgan fingerprint density at radius 3 is 2.47 bits per heavy atom. The molecule has 0 aliphatic heterocycles. The fourth-order valence-corrected chi connectivity index (χ4v) is 2.12. The van der Waals surface area contributed by atoms with Gasteiger partial charge in [-0.3, -0.25) is 4.79 Å². The van der Waals surface area contributed by atoms with E-state index in [1.54, 1.807) is 0 Å². The first-order valence-corrected chi connectivity index (χ1v) is 6.06. The van der Waals surface area contributed by atoms with E-state index in [1.165, 1.54) is 16.7 Å². The van der Waals surface area contributed by atoms with E-state index in [-0.39, 0.29) is 6.42 Å². The first kappa shape index (κ1) is 14.0. The Labute approximate surface area is 107 Å². The number of hydrogen-bond donors (Lipinski definition) is 2. The van der Waals surface area contributed by atoms with Gasteiger partial charge < -0.3 is 10.4 Å². The summed E-state index contributed by atoms with van der Waals surface area (Å²) in [6.07, 6.45) is 0.868. The van der Waals surface area contributed by atoms with Crippen LogP contribution in [0.1, 0.15) is 29.5 Å². The number of benzene rings is 1. The molecule has 1 aromatic rings. The fraction of sp³-hybridized carbons (Fsp3) is 0.462. The number of aliphatic carboxylic acids is 1. The van der Waals surface area contributed by atoms with Crippen molar-refractivity contribution in [3.05, 3.63) is 33.8 Å². The minimum atomic E-state index is -0.745. The van der Waals surface area contributed by atoms with Crippen LogP contribution in [0.15, 0.2) is 12.1 Å². The highest BCUT2D eigenvalue weighted by Crippen LogP contribution is 2.19. The second-order valence-electron chi connectivity index (χ2n) is 4.19. The molecule has 0 fully saturated rings. The van der Waals surface area contributed by atoms with Crippen LogP contribution in [-0.4, -0.2) is 17.6 Å². The molecule has 0 heterocycles. The molecule has 0 aromatic heterocycles. The van der Waals surface area contributed by atoms with Crippen LogP contribution in [0.25, 0.3) is 0 Å². The zero-order chi connectivity index (χ0) is 12.8. The van der Waals surface area contributed by atoms with Gasteiger partial charge in [0.15, 0.2) is 0 Å². The van der Waals surface area contributed by atoms with Crippen LogP contribution in [0.4, 0.5) is 0 Å². The Kier molecular flexibility index (Phi) is 5.45. The molecule has 0 amide bonds. The number of hydrogen-bond acceptors (Lipinski definition) is 2. The van der Waals surface area contributed by atoms with Crippen molar-refractivity contribution in [2.45, 2.75) is 33.2 Å². The number of rotatable bonds is 6. The van der Waals surface area contributed by atoms with Crippen molar-refractivity contribution >= 4 is 17.6 Å². The van der Waals surface area contributed by atoms with Crippen molar-refractivity contribution < 1.29 is 9.90 Å². The molecule has 1 aromatic carbocycles. The van der Waals surface area contributed by atoms with E-state index >= 15 is 0 Å². The maximum absolute atomic E-state index is 10.3. The van der Waals surface area contributed by atoms with Gasteiger partial charge in [-0.05, 0) is 55.6 Å². The van der Waals surface area contributed by atoms with Crippen LogP contribution < -0.4 is 5.32 Å². The van der Waals surface area contributed by atoms with Gasteiger partial charge in [0.1, 0.15) is 0 Å². The second kappa shape index (κ2) is 6.62. The van der Waals surface area contributed by atoms with E-state index < -0.39 is 5.97 Å². The molecule has 2 N–H and O–H groups in total. The summed E-state index contributed by atoms with van der Waals surface area (Å²) in [4.78, 5) is 10.3. The highest BCUT2D eigenvalue weighted by Gasteiger charge is 2.04. The van der Waals surface area contributed by atoms with E-state index in [1.807, 2.05) is 26.0 Å². The van der Waals surface area contributed by atoms with Gasteiger partial charge in [-0.15, -0.1) is 0 Å². The van der Waals surface area contributed by atoms with Gasteiger partial charge >= 0.3 is 5.97 Å². The Balaban J connectivity index is 2.44. The third kappa shape index (κ3) is 4.75. The van der Waals surface area contributed by atoms with E-state index in [4.69, 9.17) is 16.7 Å². The normalized spacial score (nSPS) is 10.5. The molecule has 0 spiro atoms. The van der Waals surface area contributed by atoms with Gasteiger partial charge in [-0.1, -0.05) is 11.6 Å². The lowest BCUT2D eigenvalue weighted by atomic mass is 10.0. The average Bonchev–Trinajstić information content (AvgIpc) is 2.20. The first-order chi connectivity index (χ1) is 8.00. The lowest BCUT2D eigenvalue weighted by Crippen LogP contribution is -2.17. The monoisotopic (exact) mass is 255 g/mol. The molecule has 94 valence electrons. The van der Waals surface area contributed by atoms with Gasteiger partial charge in [0.25, 0.3) is 0 Å². The SMILES string of the molecule is Cc1cc(Cl)cc(C)c1CNCCCC(=O)O. The summed E-state index contributed by atoms with van der Waals surface area (Å²) in [6, 6.07) is 3.89. The number of halogens is 1. The van der Waals surface area contributed by atoms with Gasteiger partial charge in [0.2, 0.25) is 0 Å². The number of aryl methyl sites for hydroxylation is 2. The average molecular weight is 256 g/mol. The van der Waals surface area contributed by atoms with Crippen LogP contribution in [0.5, 0.6) is 0 Å². The van der Waals surface area contributed by atoms with Crippen LogP contribution in [-0.2, 0) is 11.3 Å². The topological polar surface area (TPSA) is 49.3 Å². The van der Waals surface area contributed by atoms with E-state index in [9.17, 15) is 4.79 Å². The maximum atomic E-state index is 10.3. The summed E-state index contributed by atoms with van der Waals surface area (Å²) in [5, 5.41) is 12.5. The largest absolute Gasteiger partial charge is 0.481 e. The molecule has 0 bridgehead atoms. The summed E-state index contributed by atoms with van der Waals surface area (Å²) in [6.45, 7) is 5.54. The van der Waals surface area contributed by atoms with E-state index in [2.05, 4.69) is 5.32 Å². The van der Waals surface area contributed by atoms with Crippen molar-refractivity contribution in [3.63, 3.8) is 0 Å². The van der Waals surface area contributed by atoms with Crippen LogP contribution in [0.2, 0.25) is 5.02 Å². The molecule has 0 unspecified atom stereocenters. The number of nitrogens with one attached hydrogen (secondary N) is 1. The van der Waals surface area contributed by atoms with Crippen LogP contribution in [0.3, 0.4) is 0 Å². The zero-order valence-electron chi connectivity index (χ0n) is 10.2. The molecule has 4 heteroatoms. The number of carboxylic acid groups (broad SMARTS) is 1. The molecule has 0 aliphatic carbocycles. The molecule has 17 heavy (non-hydrogen) atoms. The number of carboxylic acids is 1. The molecular weight excluding hydrogens is 238 g/mol. The molecule has 3 nitrogen and oxygen atoms in total. The summed E-state index contributed by atoms with van der Waals surface area (Å²) in [7, 11) is 0. The van der Waals surface area contributed by atoms with Crippen molar-refractivity contribution in [2.24, 2.45) is 0 Å². The second-order valence-corrected chi connectivity index (χ2v) is 4.63. The molecule has 0 radical (unpaired) electrons. The smallest absolute Gasteiger partial charge is 0.303 e. The van der Waals surface area contributed by atoms with Crippen molar-refractivity contribution in [3.8, 4) is 0 Å². The van der Waals surface area contributed by atoms with E-state index in [0.29, 0.717) is 13.0 Å². The summed E-state index contributed by atoms with van der Waals surface area (Å²) >= 11 is 5.96. The Morgan fingerprint density at radius 2 is 1.94 bits per heavy atom. The quantitative estimate of drug-likeness (QED) is 0.769.